The molecule has 0 radical (unpaired) electrons. The molecule has 0 spiro atoms. The number of hydrogen-bond donors (Lipinski definition) is 1. The van der Waals surface area contributed by atoms with Crippen LogP contribution in [0, 0.1) is 0 Å². The van der Waals surface area contributed by atoms with Crippen molar-refractivity contribution in [1.82, 2.24) is 20.1 Å². The maximum Gasteiger partial charge on any atom is 0.233 e. The molecule has 1 aliphatic carbocycles. The van der Waals surface area contributed by atoms with E-state index in [1.54, 1.807) is 0 Å². The summed E-state index contributed by atoms with van der Waals surface area (Å²) in [6, 6.07) is 13.7. The van der Waals surface area contributed by atoms with Crippen LogP contribution < -0.4 is 14.8 Å². The van der Waals surface area contributed by atoms with E-state index in [1.807, 2.05) is 49.4 Å². The SMILES string of the molecule is CC(Sc1nnc(-c2ccccc2Cl)n1C1CCCC1)C(=O)NCc1ccc2c(c1)OCO2. The van der Waals surface area contributed by atoms with Gasteiger partial charge < -0.3 is 14.8 Å². The van der Waals surface area contributed by atoms with Crippen molar-refractivity contribution in [3.05, 3.63) is 53.1 Å². The van der Waals surface area contributed by atoms with Crippen LogP contribution in [-0.4, -0.2) is 32.7 Å². The van der Waals surface area contributed by atoms with Crippen LogP contribution in [0.2, 0.25) is 5.02 Å². The molecular formula is C24H25ClN4O3S. The molecule has 2 aromatic carbocycles. The maximum atomic E-state index is 12.9. The molecule has 1 aliphatic heterocycles. The van der Waals surface area contributed by atoms with Gasteiger partial charge in [-0.2, -0.15) is 0 Å². The van der Waals surface area contributed by atoms with Gasteiger partial charge in [0.05, 0.1) is 10.3 Å². The molecule has 1 saturated carbocycles. The molecular weight excluding hydrogens is 460 g/mol. The molecule has 1 fully saturated rings. The lowest BCUT2D eigenvalue weighted by molar-refractivity contribution is -0.120. The first-order chi connectivity index (χ1) is 16.1. The maximum absolute atomic E-state index is 12.9. The minimum Gasteiger partial charge on any atom is -0.454 e. The number of amides is 1. The number of hydrogen-bond acceptors (Lipinski definition) is 6. The molecule has 2 aliphatic rings. The second-order valence-corrected chi connectivity index (χ2v) is 9.97. The topological polar surface area (TPSA) is 78.3 Å². The van der Waals surface area contributed by atoms with Gasteiger partial charge in [-0.15, -0.1) is 10.2 Å². The highest BCUT2D eigenvalue weighted by atomic mass is 35.5. The highest BCUT2D eigenvalue weighted by Gasteiger charge is 2.28. The molecule has 0 saturated heterocycles. The Morgan fingerprint density at radius 3 is 2.79 bits per heavy atom. The predicted octanol–water partition coefficient (Wildman–Crippen LogP) is 5.24. The summed E-state index contributed by atoms with van der Waals surface area (Å²) in [6.07, 6.45) is 4.52. The van der Waals surface area contributed by atoms with Gasteiger partial charge >= 0.3 is 0 Å². The number of ether oxygens (including phenoxy) is 2. The van der Waals surface area contributed by atoms with Crippen LogP contribution in [0.3, 0.4) is 0 Å². The third-order valence-corrected chi connectivity index (χ3v) is 7.41. The van der Waals surface area contributed by atoms with E-state index in [0.717, 1.165) is 40.7 Å². The lowest BCUT2D eigenvalue weighted by atomic mass is 10.2. The number of carbonyl (C=O) groups excluding carboxylic acids is 1. The van der Waals surface area contributed by atoms with E-state index in [0.29, 0.717) is 23.4 Å². The Hall–Kier alpha value is -2.71. The summed E-state index contributed by atoms with van der Waals surface area (Å²) in [4.78, 5) is 12.9. The standard InChI is InChI=1S/C24H25ClN4O3S/c1-15(23(30)26-13-16-10-11-20-21(12-16)32-14-31-20)33-24-28-27-22(18-8-4-5-9-19(18)25)29(24)17-6-2-3-7-17/h4-5,8-12,15,17H,2-3,6-7,13-14H2,1H3,(H,26,30). The highest BCUT2D eigenvalue weighted by molar-refractivity contribution is 8.00. The van der Waals surface area contributed by atoms with Crippen molar-refractivity contribution in [1.29, 1.82) is 0 Å². The Bertz CT molecular complexity index is 1160. The quantitative estimate of drug-likeness (QED) is 0.462. The van der Waals surface area contributed by atoms with Crippen LogP contribution in [0.15, 0.2) is 47.6 Å². The van der Waals surface area contributed by atoms with Crippen LogP contribution in [0.25, 0.3) is 11.4 Å². The van der Waals surface area contributed by atoms with Crippen molar-refractivity contribution in [2.45, 2.75) is 55.6 Å². The number of nitrogens with zero attached hydrogens (tertiary/aromatic N) is 3. The van der Waals surface area contributed by atoms with Gasteiger partial charge in [0, 0.05) is 18.2 Å². The third-order valence-electron chi connectivity index (χ3n) is 6.02. The Labute approximate surface area is 201 Å². The van der Waals surface area contributed by atoms with Crippen molar-refractivity contribution in [3.8, 4) is 22.9 Å². The number of aromatic nitrogens is 3. The van der Waals surface area contributed by atoms with Gasteiger partial charge in [-0.05, 0) is 49.6 Å². The largest absolute Gasteiger partial charge is 0.454 e. The Balaban J connectivity index is 1.31. The van der Waals surface area contributed by atoms with Crippen LogP contribution in [-0.2, 0) is 11.3 Å². The zero-order chi connectivity index (χ0) is 22.8. The average molecular weight is 485 g/mol. The monoisotopic (exact) mass is 484 g/mol. The van der Waals surface area contributed by atoms with Gasteiger partial charge in [-0.3, -0.25) is 9.36 Å². The van der Waals surface area contributed by atoms with Crippen molar-refractivity contribution in [3.63, 3.8) is 0 Å². The van der Waals surface area contributed by atoms with E-state index in [9.17, 15) is 4.79 Å². The van der Waals surface area contributed by atoms with Crippen molar-refractivity contribution in [2.24, 2.45) is 0 Å². The van der Waals surface area contributed by atoms with E-state index in [1.165, 1.54) is 24.6 Å². The zero-order valence-electron chi connectivity index (χ0n) is 18.3. The Morgan fingerprint density at radius 2 is 1.97 bits per heavy atom. The second kappa shape index (κ2) is 9.65. The predicted molar refractivity (Wildman–Crippen MR) is 128 cm³/mol. The van der Waals surface area contributed by atoms with Crippen molar-refractivity contribution < 1.29 is 14.3 Å². The van der Waals surface area contributed by atoms with E-state index in [4.69, 9.17) is 21.1 Å². The minimum atomic E-state index is -0.331. The van der Waals surface area contributed by atoms with Crippen molar-refractivity contribution in [2.75, 3.05) is 6.79 Å². The number of fused-ring (bicyclic) bond motifs is 1. The molecule has 1 aromatic heterocycles. The van der Waals surface area contributed by atoms with E-state index < -0.39 is 0 Å². The summed E-state index contributed by atoms with van der Waals surface area (Å²) in [5, 5.41) is 13.0. The molecule has 1 N–H and O–H groups in total. The highest BCUT2D eigenvalue weighted by Crippen LogP contribution is 2.39. The van der Waals surface area contributed by atoms with Crippen LogP contribution >= 0.6 is 23.4 Å². The van der Waals surface area contributed by atoms with Crippen molar-refractivity contribution >= 4 is 29.3 Å². The van der Waals surface area contributed by atoms with Gasteiger partial charge in [-0.25, -0.2) is 0 Å². The summed E-state index contributed by atoms with van der Waals surface area (Å²) in [5.41, 5.74) is 1.82. The molecule has 1 unspecified atom stereocenters. The van der Waals surface area contributed by atoms with E-state index in [-0.39, 0.29) is 18.0 Å². The first kappa shape index (κ1) is 22.1. The fourth-order valence-electron chi connectivity index (χ4n) is 4.27. The third kappa shape index (κ3) is 4.68. The number of benzene rings is 2. The van der Waals surface area contributed by atoms with E-state index >= 15 is 0 Å². The van der Waals surface area contributed by atoms with Crippen LogP contribution in [0.5, 0.6) is 11.5 Å². The summed E-state index contributed by atoms with van der Waals surface area (Å²) in [5.74, 6) is 2.15. The van der Waals surface area contributed by atoms with Gasteiger partial charge in [0.1, 0.15) is 0 Å². The van der Waals surface area contributed by atoms with Crippen LogP contribution in [0.4, 0.5) is 0 Å². The summed E-state index contributed by atoms with van der Waals surface area (Å²) >= 11 is 7.90. The van der Waals surface area contributed by atoms with Gasteiger partial charge in [0.15, 0.2) is 22.5 Å². The Morgan fingerprint density at radius 1 is 1.18 bits per heavy atom. The lowest BCUT2D eigenvalue weighted by Crippen LogP contribution is -2.30. The minimum absolute atomic E-state index is 0.0575. The first-order valence-electron chi connectivity index (χ1n) is 11.1. The molecule has 0 bridgehead atoms. The normalized spacial score (nSPS) is 16.2. The first-order valence-corrected chi connectivity index (χ1v) is 12.4. The molecule has 3 aromatic rings. The molecule has 5 rings (SSSR count). The zero-order valence-corrected chi connectivity index (χ0v) is 19.9. The van der Waals surface area contributed by atoms with Gasteiger partial charge in [-0.1, -0.05) is 54.4 Å². The summed E-state index contributed by atoms with van der Waals surface area (Å²) < 4.78 is 12.9. The average Bonchev–Trinajstić information content (AvgIpc) is 3.58. The molecule has 7 nitrogen and oxygen atoms in total. The number of carbonyl (C=O) groups is 1. The van der Waals surface area contributed by atoms with Gasteiger partial charge in [0.2, 0.25) is 12.7 Å². The molecule has 2 heterocycles. The summed E-state index contributed by atoms with van der Waals surface area (Å²) in [6.45, 7) is 2.54. The van der Waals surface area contributed by atoms with Crippen LogP contribution in [0.1, 0.15) is 44.2 Å². The number of halogens is 1. The smallest absolute Gasteiger partial charge is 0.233 e. The Kier molecular flexibility index (Phi) is 6.46. The molecule has 1 atom stereocenters. The number of nitrogens with one attached hydrogen (secondary N) is 1. The molecule has 33 heavy (non-hydrogen) atoms. The number of rotatable bonds is 7. The number of thioether (sulfide) groups is 1. The second-order valence-electron chi connectivity index (χ2n) is 8.26. The fraction of sp³-hybridized carbons (Fsp3) is 0.375. The molecule has 1 amide bonds. The molecule has 9 heteroatoms. The molecule has 172 valence electrons. The lowest BCUT2D eigenvalue weighted by Gasteiger charge is -2.19. The summed E-state index contributed by atoms with van der Waals surface area (Å²) in [7, 11) is 0. The van der Waals surface area contributed by atoms with Gasteiger partial charge in [0.25, 0.3) is 0 Å². The van der Waals surface area contributed by atoms with E-state index in [2.05, 4.69) is 20.1 Å². The fourth-order valence-corrected chi connectivity index (χ4v) is 5.43.